The van der Waals surface area contributed by atoms with Gasteiger partial charge in [-0.05, 0) is 36.7 Å². The van der Waals surface area contributed by atoms with Gasteiger partial charge in [0.1, 0.15) is 29.2 Å². The maximum Gasteiger partial charge on any atom is 0.208 e. The van der Waals surface area contributed by atoms with Crippen LogP contribution in [0.25, 0.3) is 5.69 Å². The summed E-state index contributed by atoms with van der Waals surface area (Å²) in [4.78, 5) is 4.01. The highest BCUT2D eigenvalue weighted by atomic mass is 35.5. The Morgan fingerprint density at radius 2 is 1.80 bits per heavy atom. The van der Waals surface area contributed by atoms with E-state index >= 15 is 0 Å². The molecule has 0 saturated carbocycles. The van der Waals surface area contributed by atoms with Crippen LogP contribution in [-0.2, 0) is 0 Å². The summed E-state index contributed by atoms with van der Waals surface area (Å²) in [7, 11) is 0. The molecule has 0 amide bonds. The molecule has 0 spiro atoms. The third-order valence-electron chi connectivity index (χ3n) is 3.73. The van der Waals surface area contributed by atoms with Crippen LogP contribution in [0.15, 0.2) is 36.4 Å². The van der Waals surface area contributed by atoms with E-state index in [9.17, 15) is 18.3 Å². The van der Waals surface area contributed by atoms with Crippen molar-refractivity contribution in [2.75, 3.05) is 0 Å². The number of hydrogen-bond donors (Lipinski definition) is 1. The molecule has 1 unspecified atom stereocenters. The fourth-order valence-corrected chi connectivity index (χ4v) is 3.16. The van der Waals surface area contributed by atoms with E-state index in [4.69, 9.17) is 23.2 Å². The van der Waals surface area contributed by atoms with Crippen LogP contribution in [-0.4, -0.2) is 14.7 Å². The lowest BCUT2D eigenvalue weighted by molar-refractivity contribution is 0.207. The molecule has 0 saturated heterocycles. The van der Waals surface area contributed by atoms with Crippen molar-refractivity contribution in [2.45, 2.75) is 13.0 Å². The van der Waals surface area contributed by atoms with E-state index in [2.05, 4.69) is 4.98 Å². The van der Waals surface area contributed by atoms with Gasteiger partial charge < -0.3 is 5.11 Å². The van der Waals surface area contributed by atoms with Crippen LogP contribution in [0.1, 0.15) is 23.1 Å². The van der Waals surface area contributed by atoms with Crippen molar-refractivity contribution >= 4 is 23.2 Å². The Morgan fingerprint density at radius 3 is 2.44 bits per heavy atom. The third-order valence-corrected chi connectivity index (χ3v) is 4.29. The molecule has 130 valence electrons. The van der Waals surface area contributed by atoms with E-state index in [1.165, 1.54) is 25.1 Å². The highest BCUT2D eigenvalue weighted by molar-refractivity contribution is 6.33. The first-order chi connectivity index (χ1) is 11.8. The first kappa shape index (κ1) is 17.8. The van der Waals surface area contributed by atoms with Crippen LogP contribution in [0.3, 0.4) is 0 Å². The van der Waals surface area contributed by atoms with Crippen molar-refractivity contribution in [1.82, 2.24) is 9.55 Å². The quantitative estimate of drug-likeness (QED) is 0.688. The number of halogens is 5. The van der Waals surface area contributed by atoms with E-state index < -0.39 is 23.6 Å². The highest BCUT2D eigenvalue weighted by Crippen LogP contribution is 2.35. The maximum atomic E-state index is 14.3. The SMILES string of the molecule is Cc1nc(Cl)n(-c2c(F)cccc2Cl)c1C(O)c1ccc(F)cc1F. The average Bonchev–Trinajstić information content (AvgIpc) is 2.81. The van der Waals surface area contributed by atoms with Crippen molar-refractivity contribution in [3.8, 4) is 5.69 Å². The van der Waals surface area contributed by atoms with Gasteiger partial charge in [0.2, 0.25) is 5.28 Å². The Bertz CT molecular complexity index is 939. The summed E-state index contributed by atoms with van der Waals surface area (Å²) in [5.41, 5.74) is -0.0378. The molecule has 0 aliphatic rings. The molecule has 0 fully saturated rings. The van der Waals surface area contributed by atoms with Crippen LogP contribution in [0.5, 0.6) is 0 Å². The number of aromatic nitrogens is 2. The highest BCUT2D eigenvalue weighted by Gasteiger charge is 2.27. The molecule has 0 aliphatic heterocycles. The van der Waals surface area contributed by atoms with Crippen molar-refractivity contribution in [2.24, 2.45) is 0 Å². The predicted octanol–water partition coefficient (Wildman–Crippen LogP) is 4.99. The molecule has 1 aromatic heterocycles. The summed E-state index contributed by atoms with van der Waals surface area (Å²) in [6.45, 7) is 1.52. The Hall–Kier alpha value is -2.02. The number of aliphatic hydroxyl groups excluding tert-OH is 1. The number of hydrogen-bond acceptors (Lipinski definition) is 2. The molecule has 0 aliphatic carbocycles. The lowest BCUT2D eigenvalue weighted by Gasteiger charge is -2.18. The van der Waals surface area contributed by atoms with Crippen molar-refractivity contribution in [3.05, 3.63) is 81.1 Å². The van der Waals surface area contributed by atoms with Gasteiger partial charge in [0.25, 0.3) is 0 Å². The Labute approximate surface area is 151 Å². The molecule has 1 atom stereocenters. The van der Waals surface area contributed by atoms with Crippen LogP contribution >= 0.6 is 23.2 Å². The number of nitrogens with zero attached hydrogens (tertiary/aromatic N) is 2. The average molecular weight is 387 g/mol. The second kappa shape index (κ2) is 6.71. The van der Waals surface area contributed by atoms with Crippen molar-refractivity contribution < 1.29 is 18.3 Å². The van der Waals surface area contributed by atoms with Gasteiger partial charge in [0.05, 0.1) is 16.4 Å². The van der Waals surface area contributed by atoms with Gasteiger partial charge in [-0.2, -0.15) is 0 Å². The molecule has 2 aromatic carbocycles. The second-order valence-electron chi connectivity index (χ2n) is 5.33. The first-order valence-corrected chi connectivity index (χ1v) is 7.89. The zero-order chi connectivity index (χ0) is 18.3. The second-order valence-corrected chi connectivity index (χ2v) is 6.07. The van der Waals surface area contributed by atoms with Crippen LogP contribution in [0.4, 0.5) is 13.2 Å². The van der Waals surface area contributed by atoms with E-state index in [0.29, 0.717) is 6.07 Å². The lowest BCUT2D eigenvalue weighted by Crippen LogP contribution is -2.12. The van der Waals surface area contributed by atoms with Gasteiger partial charge in [-0.1, -0.05) is 23.7 Å². The topological polar surface area (TPSA) is 38.0 Å². The van der Waals surface area contributed by atoms with Crippen molar-refractivity contribution in [3.63, 3.8) is 0 Å². The number of rotatable bonds is 3. The van der Waals surface area contributed by atoms with E-state index in [1.807, 2.05) is 0 Å². The van der Waals surface area contributed by atoms with E-state index in [1.54, 1.807) is 0 Å². The summed E-state index contributed by atoms with van der Waals surface area (Å²) in [6.07, 6.45) is -1.56. The van der Waals surface area contributed by atoms with E-state index in [-0.39, 0.29) is 32.9 Å². The van der Waals surface area contributed by atoms with Gasteiger partial charge in [0.15, 0.2) is 0 Å². The number of aryl methyl sites for hydroxylation is 1. The first-order valence-electron chi connectivity index (χ1n) is 7.13. The van der Waals surface area contributed by atoms with Crippen LogP contribution in [0, 0.1) is 24.4 Å². The smallest absolute Gasteiger partial charge is 0.208 e. The summed E-state index contributed by atoms with van der Waals surface area (Å²) in [5.74, 6) is -2.43. The molecule has 1 heterocycles. The molecule has 0 bridgehead atoms. The predicted molar refractivity (Wildman–Crippen MR) is 88.7 cm³/mol. The number of aliphatic hydroxyl groups is 1. The van der Waals surface area contributed by atoms with Gasteiger partial charge in [-0.15, -0.1) is 0 Å². The Morgan fingerprint density at radius 1 is 1.08 bits per heavy atom. The molecule has 1 N–H and O–H groups in total. The summed E-state index contributed by atoms with van der Waals surface area (Å²) >= 11 is 12.2. The van der Waals surface area contributed by atoms with Gasteiger partial charge >= 0.3 is 0 Å². The normalized spacial score (nSPS) is 12.4. The maximum absolute atomic E-state index is 14.3. The summed E-state index contributed by atoms with van der Waals surface area (Å²) in [5, 5.41) is 10.5. The molecule has 3 rings (SSSR count). The summed E-state index contributed by atoms with van der Waals surface area (Å²) in [6, 6.07) is 6.78. The van der Waals surface area contributed by atoms with Gasteiger partial charge in [-0.3, -0.25) is 4.57 Å². The fraction of sp³-hybridized carbons (Fsp3) is 0.118. The van der Waals surface area contributed by atoms with Crippen LogP contribution < -0.4 is 0 Å². The zero-order valence-corrected chi connectivity index (χ0v) is 14.3. The molecule has 8 heteroatoms. The Kier molecular flexibility index (Phi) is 4.77. The molecule has 3 nitrogen and oxygen atoms in total. The number of benzene rings is 2. The largest absolute Gasteiger partial charge is 0.382 e. The lowest BCUT2D eigenvalue weighted by atomic mass is 10.0. The molecular formula is C17H11Cl2F3N2O. The third kappa shape index (κ3) is 3.13. The number of imidazole rings is 1. The van der Waals surface area contributed by atoms with E-state index in [0.717, 1.165) is 16.7 Å². The number of para-hydroxylation sites is 1. The monoisotopic (exact) mass is 386 g/mol. The minimum absolute atomic E-state index is 0.0301. The minimum Gasteiger partial charge on any atom is -0.382 e. The fourth-order valence-electron chi connectivity index (χ4n) is 2.61. The molecular weight excluding hydrogens is 376 g/mol. The Balaban J connectivity index is 2.24. The van der Waals surface area contributed by atoms with Crippen molar-refractivity contribution in [1.29, 1.82) is 0 Å². The van der Waals surface area contributed by atoms with Gasteiger partial charge in [0, 0.05) is 11.6 Å². The van der Waals surface area contributed by atoms with Crippen LogP contribution in [0.2, 0.25) is 10.3 Å². The standard InChI is InChI=1S/C17H11Cl2F3N2O/c1-8-14(16(25)10-6-5-9(20)7-13(10)22)24(17(19)23-8)15-11(18)3-2-4-12(15)21/h2-7,16,25H,1H3. The molecule has 25 heavy (non-hydrogen) atoms. The van der Waals surface area contributed by atoms with Gasteiger partial charge in [-0.25, -0.2) is 18.2 Å². The summed E-state index contributed by atoms with van der Waals surface area (Å²) < 4.78 is 42.6. The zero-order valence-electron chi connectivity index (χ0n) is 12.8. The minimum atomic E-state index is -1.56. The molecule has 0 radical (unpaired) electrons. The molecule has 3 aromatic rings.